The SMILES string of the molecule is COCCOCCCNC(C)CO. The summed E-state index contributed by atoms with van der Waals surface area (Å²) in [6.07, 6.45) is 0.966. The van der Waals surface area contributed by atoms with Gasteiger partial charge in [0.1, 0.15) is 0 Å². The molecule has 0 fully saturated rings. The Kier molecular flexibility index (Phi) is 9.80. The lowest BCUT2D eigenvalue weighted by Gasteiger charge is -2.10. The molecule has 0 aliphatic carbocycles. The van der Waals surface area contributed by atoms with Crippen LogP contribution in [0.3, 0.4) is 0 Å². The molecule has 1 atom stereocenters. The fourth-order valence-corrected chi connectivity index (χ4v) is 0.832. The number of aliphatic hydroxyl groups excluding tert-OH is 1. The van der Waals surface area contributed by atoms with E-state index >= 15 is 0 Å². The first-order chi connectivity index (χ1) is 6.31. The van der Waals surface area contributed by atoms with Crippen molar-refractivity contribution in [1.29, 1.82) is 0 Å². The van der Waals surface area contributed by atoms with Crippen molar-refractivity contribution in [2.24, 2.45) is 0 Å². The smallest absolute Gasteiger partial charge is 0.0700 e. The van der Waals surface area contributed by atoms with Gasteiger partial charge in [-0.15, -0.1) is 0 Å². The molecule has 0 aliphatic heterocycles. The van der Waals surface area contributed by atoms with Crippen LogP contribution >= 0.6 is 0 Å². The lowest BCUT2D eigenvalue weighted by atomic mass is 10.3. The summed E-state index contributed by atoms with van der Waals surface area (Å²) in [5.74, 6) is 0. The molecule has 4 nitrogen and oxygen atoms in total. The highest BCUT2D eigenvalue weighted by Crippen LogP contribution is 1.84. The van der Waals surface area contributed by atoms with Gasteiger partial charge in [-0.1, -0.05) is 0 Å². The Labute approximate surface area is 80.2 Å². The van der Waals surface area contributed by atoms with Gasteiger partial charge in [0.15, 0.2) is 0 Å². The Bertz CT molecular complexity index is 101. The van der Waals surface area contributed by atoms with E-state index in [2.05, 4.69) is 5.32 Å². The second-order valence-corrected chi connectivity index (χ2v) is 3.00. The monoisotopic (exact) mass is 191 g/mol. The molecule has 0 aromatic carbocycles. The lowest BCUT2D eigenvalue weighted by Crippen LogP contribution is -2.30. The molecule has 0 amide bonds. The largest absolute Gasteiger partial charge is 0.395 e. The van der Waals surface area contributed by atoms with Crippen LogP contribution in [0.4, 0.5) is 0 Å². The van der Waals surface area contributed by atoms with Gasteiger partial charge in [-0.05, 0) is 19.9 Å². The summed E-state index contributed by atoms with van der Waals surface area (Å²) in [4.78, 5) is 0. The quantitative estimate of drug-likeness (QED) is 0.504. The van der Waals surface area contributed by atoms with Gasteiger partial charge >= 0.3 is 0 Å². The summed E-state index contributed by atoms with van der Waals surface area (Å²) in [5, 5.41) is 11.9. The van der Waals surface area contributed by atoms with Gasteiger partial charge in [-0.2, -0.15) is 0 Å². The zero-order chi connectivity index (χ0) is 9.94. The van der Waals surface area contributed by atoms with Crippen LogP contribution in [0.25, 0.3) is 0 Å². The van der Waals surface area contributed by atoms with E-state index in [-0.39, 0.29) is 12.6 Å². The van der Waals surface area contributed by atoms with E-state index < -0.39 is 0 Å². The molecule has 0 aromatic rings. The lowest BCUT2D eigenvalue weighted by molar-refractivity contribution is 0.0690. The van der Waals surface area contributed by atoms with E-state index in [9.17, 15) is 0 Å². The molecule has 0 bridgehead atoms. The number of hydrogen-bond acceptors (Lipinski definition) is 4. The summed E-state index contributed by atoms with van der Waals surface area (Å²) >= 11 is 0. The first-order valence-corrected chi connectivity index (χ1v) is 4.72. The van der Waals surface area contributed by atoms with Crippen molar-refractivity contribution in [2.45, 2.75) is 19.4 Å². The minimum absolute atomic E-state index is 0.180. The predicted molar refractivity (Wildman–Crippen MR) is 51.9 cm³/mol. The third kappa shape index (κ3) is 9.76. The van der Waals surface area contributed by atoms with E-state index in [4.69, 9.17) is 14.6 Å². The standard InChI is InChI=1S/C9H21NO3/c1-9(8-11)10-4-3-5-13-7-6-12-2/h9-11H,3-8H2,1-2H3. The van der Waals surface area contributed by atoms with Crippen LogP contribution in [-0.2, 0) is 9.47 Å². The Morgan fingerprint density at radius 3 is 2.69 bits per heavy atom. The Morgan fingerprint density at radius 2 is 2.08 bits per heavy atom. The molecule has 0 rings (SSSR count). The maximum Gasteiger partial charge on any atom is 0.0700 e. The summed E-state index contributed by atoms with van der Waals surface area (Å²) < 4.78 is 10.1. The van der Waals surface area contributed by atoms with Crippen LogP contribution < -0.4 is 5.32 Å². The van der Waals surface area contributed by atoms with Gasteiger partial charge in [0.2, 0.25) is 0 Å². The number of aliphatic hydroxyl groups is 1. The highest BCUT2D eigenvalue weighted by molar-refractivity contribution is 4.56. The summed E-state index contributed by atoms with van der Waals surface area (Å²) in [7, 11) is 1.66. The van der Waals surface area contributed by atoms with Gasteiger partial charge < -0.3 is 19.9 Å². The molecule has 4 heteroatoms. The number of nitrogens with one attached hydrogen (secondary N) is 1. The maximum absolute atomic E-state index is 8.70. The van der Waals surface area contributed by atoms with Gasteiger partial charge in [0.25, 0.3) is 0 Å². The molecule has 0 radical (unpaired) electrons. The third-order valence-corrected chi connectivity index (χ3v) is 1.66. The van der Waals surface area contributed by atoms with Crippen molar-refractivity contribution < 1.29 is 14.6 Å². The van der Waals surface area contributed by atoms with Crippen LogP contribution in [-0.4, -0.2) is 51.2 Å². The Morgan fingerprint density at radius 1 is 1.31 bits per heavy atom. The van der Waals surface area contributed by atoms with E-state index in [1.807, 2.05) is 6.92 Å². The van der Waals surface area contributed by atoms with Crippen molar-refractivity contribution in [1.82, 2.24) is 5.32 Å². The third-order valence-electron chi connectivity index (χ3n) is 1.66. The summed E-state index contributed by atoms with van der Waals surface area (Å²) in [5.41, 5.74) is 0. The fourth-order valence-electron chi connectivity index (χ4n) is 0.832. The van der Waals surface area contributed by atoms with Crippen LogP contribution in [0.1, 0.15) is 13.3 Å². The first kappa shape index (κ1) is 12.8. The van der Waals surface area contributed by atoms with E-state index in [1.165, 1.54) is 0 Å². The molecule has 13 heavy (non-hydrogen) atoms. The molecule has 0 aliphatic rings. The molecule has 0 aromatic heterocycles. The normalized spacial score (nSPS) is 13.2. The average Bonchev–Trinajstić information content (AvgIpc) is 2.16. The number of rotatable bonds is 9. The van der Waals surface area contributed by atoms with Crippen LogP contribution in [0.2, 0.25) is 0 Å². The van der Waals surface area contributed by atoms with E-state index in [1.54, 1.807) is 7.11 Å². The van der Waals surface area contributed by atoms with Crippen LogP contribution in [0, 0.1) is 0 Å². The van der Waals surface area contributed by atoms with Gasteiger partial charge in [0, 0.05) is 19.8 Å². The molecule has 80 valence electrons. The van der Waals surface area contributed by atoms with Gasteiger partial charge in [-0.25, -0.2) is 0 Å². The van der Waals surface area contributed by atoms with E-state index in [0.29, 0.717) is 13.2 Å². The molecule has 1 unspecified atom stereocenters. The molecule has 0 heterocycles. The van der Waals surface area contributed by atoms with Gasteiger partial charge in [-0.3, -0.25) is 0 Å². The highest BCUT2D eigenvalue weighted by Gasteiger charge is 1.96. The average molecular weight is 191 g/mol. The molecular weight excluding hydrogens is 170 g/mol. The minimum Gasteiger partial charge on any atom is -0.395 e. The van der Waals surface area contributed by atoms with Gasteiger partial charge in [0.05, 0.1) is 19.8 Å². The second-order valence-electron chi connectivity index (χ2n) is 3.00. The molecule has 0 saturated heterocycles. The predicted octanol–water partition coefficient (Wildman–Crippen LogP) is 0.00990. The number of ether oxygens (including phenoxy) is 2. The van der Waals surface area contributed by atoms with Crippen molar-refractivity contribution in [3.8, 4) is 0 Å². The van der Waals surface area contributed by atoms with Crippen LogP contribution in [0.5, 0.6) is 0 Å². The van der Waals surface area contributed by atoms with Crippen molar-refractivity contribution >= 4 is 0 Å². The fraction of sp³-hybridized carbons (Fsp3) is 1.00. The second kappa shape index (κ2) is 9.92. The highest BCUT2D eigenvalue weighted by atomic mass is 16.5. The Balaban J connectivity index is 2.91. The van der Waals surface area contributed by atoms with E-state index in [0.717, 1.165) is 19.6 Å². The first-order valence-electron chi connectivity index (χ1n) is 4.72. The molecule has 0 saturated carbocycles. The number of methoxy groups -OCH3 is 1. The Hall–Kier alpha value is -0.160. The van der Waals surface area contributed by atoms with Crippen LogP contribution in [0.15, 0.2) is 0 Å². The maximum atomic E-state index is 8.70. The zero-order valence-electron chi connectivity index (χ0n) is 8.58. The molecular formula is C9H21NO3. The van der Waals surface area contributed by atoms with Crippen molar-refractivity contribution in [2.75, 3.05) is 40.1 Å². The molecule has 2 N–H and O–H groups in total. The number of hydrogen-bond donors (Lipinski definition) is 2. The topological polar surface area (TPSA) is 50.7 Å². The zero-order valence-corrected chi connectivity index (χ0v) is 8.58. The molecule has 0 spiro atoms. The summed E-state index contributed by atoms with van der Waals surface area (Å²) in [6, 6.07) is 0.180. The minimum atomic E-state index is 0.180. The summed E-state index contributed by atoms with van der Waals surface area (Å²) in [6.45, 7) is 5.08. The van der Waals surface area contributed by atoms with Crippen molar-refractivity contribution in [3.63, 3.8) is 0 Å². The van der Waals surface area contributed by atoms with Crippen molar-refractivity contribution in [3.05, 3.63) is 0 Å².